The minimum absolute atomic E-state index is 0.0492. The van der Waals surface area contributed by atoms with Crippen LogP contribution in [0, 0.1) is 0 Å². The molecular formula is C6H10Br2O3. The fourth-order valence-corrected chi connectivity index (χ4v) is 1.37. The lowest BCUT2D eigenvalue weighted by Gasteiger charge is -2.14. The zero-order valence-electron chi connectivity index (χ0n) is 6.01. The van der Waals surface area contributed by atoms with Gasteiger partial charge in [0, 0.05) is 4.48 Å². The number of allylic oxidation sites excluding steroid dienone is 1. The van der Waals surface area contributed by atoms with Crippen LogP contribution in [0.5, 0.6) is 0 Å². The molecule has 0 aromatic rings. The van der Waals surface area contributed by atoms with Crippen LogP contribution in [-0.2, 0) is 0 Å². The van der Waals surface area contributed by atoms with Gasteiger partial charge < -0.3 is 15.3 Å². The molecule has 0 atom stereocenters. The maximum atomic E-state index is 8.66. The van der Waals surface area contributed by atoms with Crippen LogP contribution in [0.2, 0.25) is 0 Å². The molecule has 0 aliphatic carbocycles. The Balaban J connectivity index is 4.39. The highest BCUT2D eigenvalue weighted by Gasteiger charge is 2.25. The molecule has 0 fully saturated rings. The van der Waals surface area contributed by atoms with E-state index in [0.29, 0.717) is 10.9 Å². The van der Waals surface area contributed by atoms with E-state index in [1.54, 1.807) is 0 Å². The van der Waals surface area contributed by atoms with Crippen LogP contribution >= 0.6 is 31.9 Å². The monoisotopic (exact) mass is 288 g/mol. The first kappa shape index (κ1) is 11.6. The molecule has 66 valence electrons. The summed E-state index contributed by atoms with van der Waals surface area (Å²) in [6, 6.07) is 0. The number of hydrogen-bond donors (Lipinski definition) is 3. The van der Waals surface area contributed by atoms with Crippen molar-refractivity contribution in [3.8, 4) is 0 Å². The third-order valence-corrected chi connectivity index (χ3v) is 3.34. The van der Waals surface area contributed by atoms with Gasteiger partial charge in [-0.1, -0.05) is 29.3 Å². The van der Waals surface area contributed by atoms with Crippen molar-refractivity contribution in [3.63, 3.8) is 0 Å². The summed E-state index contributed by atoms with van der Waals surface area (Å²) in [6.45, 7) is 1.94. The maximum Gasteiger partial charge on any atom is 0.312 e. The molecule has 0 amide bonds. The maximum absolute atomic E-state index is 8.66. The Morgan fingerprint density at radius 2 is 1.73 bits per heavy atom. The van der Waals surface area contributed by atoms with Gasteiger partial charge in [-0.3, -0.25) is 0 Å². The molecule has 0 saturated carbocycles. The van der Waals surface area contributed by atoms with E-state index in [1.165, 1.54) is 0 Å². The van der Waals surface area contributed by atoms with Crippen molar-refractivity contribution in [2.45, 2.75) is 25.7 Å². The van der Waals surface area contributed by atoms with Gasteiger partial charge in [-0.25, -0.2) is 0 Å². The normalized spacial score (nSPS) is 14.7. The molecular weight excluding hydrogens is 280 g/mol. The van der Waals surface area contributed by atoms with E-state index in [1.807, 2.05) is 6.92 Å². The third kappa shape index (κ3) is 4.22. The Bertz CT molecular complexity index is 160. The van der Waals surface area contributed by atoms with Gasteiger partial charge in [0.15, 0.2) is 0 Å². The number of hydrogen-bond acceptors (Lipinski definition) is 3. The van der Waals surface area contributed by atoms with Gasteiger partial charge in [-0.15, -0.1) is 0 Å². The molecule has 11 heavy (non-hydrogen) atoms. The minimum atomic E-state index is -2.77. The van der Waals surface area contributed by atoms with E-state index < -0.39 is 5.97 Å². The molecule has 0 saturated heterocycles. The van der Waals surface area contributed by atoms with E-state index in [-0.39, 0.29) is 4.48 Å². The Kier molecular flexibility index (Phi) is 4.81. The van der Waals surface area contributed by atoms with Crippen LogP contribution in [0.15, 0.2) is 8.96 Å². The van der Waals surface area contributed by atoms with Crippen molar-refractivity contribution in [2.75, 3.05) is 0 Å². The summed E-state index contributed by atoms with van der Waals surface area (Å²) in [5.74, 6) is -2.77. The topological polar surface area (TPSA) is 60.7 Å². The quantitative estimate of drug-likeness (QED) is 0.689. The van der Waals surface area contributed by atoms with E-state index in [4.69, 9.17) is 15.3 Å². The minimum Gasteiger partial charge on any atom is -0.339 e. The highest BCUT2D eigenvalue weighted by atomic mass is 79.9. The Morgan fingerprint density at radius 3 is 2.00 bits per heavy atom. The first-order valence-corrected chi connectivity index (χ1v) is 4.70. The lowest BCUT2D eigenvalue weighted by atomic mass is 10.3. The number of rotatable bonds is 3. The summed E-state index contributed by atoms with van der Waals surface area (Å²) < 4.78 is 0.499. The molecule has 0 unspecified atom stereocenters. The Morgan fingerprint density at radius 1 is 1.27 bits per heavy atom. The summed E-state index contributed by atoms with van der Waals surface area (Å²) in [4.78, 5) is 0. The molecule has 0 aliphatic heterocycles. The molecule has 0 aromatic heterocycles. The molecule has 0 bridgehead atoms. The van der Waals surface area contributed by atoms with Crippen molar-refractivity contribution >= 4 is 31.9 Å². The van der Waals surface area contributed by atoms with Gasteiger partial charge in [0.25, 0.3) is 0 Å². The summed E-state index contributed by atoms with van der Waals surface area (Å²) >= 11 is 5.94. The smallest absolute Gasteiger partial charge is 0.312 e. The van der Waals surface area contributed by atoms with E-state index >= 15 is 0 Å². The molecule has 3 nitrogen and oxygen atoms in total. The number of aliphatic hydroxyl groups is 3. The fourth-order valence-electron chi connectivity index (χ4n) is 0.511. The average molecular weight is 290 g/mol. The van der Waals surface area contributed by atoms with Gasteiger partial charge in [0.1, 0.15) is 0 Å². The molecule has 0 radical (unpaired) electrons. The van der Waals surface area contributed by atoms with Crippen LogP contribution in [0.3, 0.4) is 0 Å². The average Bonchev–Trinajstić information content (AvgIpc) is 1.85. The highest BCUT2D eigenvalue weighted by molar-refractivity contribution is 9.14. The van der Waals surface area contributed by atoms with Crippen molar-refractivity contribution in [1.82, 2.24) is 0 Å². The molecule has 0 spiro atoms. The van der Waals surface area contributed by atoms with Gasteiger partial charge in [0.05, 0.1) is 4.48 Å². The van der Waals surface area contributed by atoms with Crippen LogP contribution in [-0.4, -0.2) is 21.3 Å². The molecule has 5 heteroatoms. The largest absolute Gasteiger partial charge is 0.339 e. The predicted octanol–water partition coefficient (Wildman–Crippen LogP) is 1.42. The van der Waals surface area contributed by atoms with Crippen LogP contribution < -0.4 is 0 Å². The third-order valence-electron chi connectivity index (χ3n) is 1.00. The lowest BCUT2D eigenvalue weighted by molar-refractivity contribution is -0.275. The summed E-state index contributed by atoms with van der Waals surface area (Å²) in [5.41, 5.74) is 0. The van der Waals surface area contributed by atoms with E-state index in [0.717, 1.165) is 6.42 Å². The lowest BCUT2D eigenvalue weighted by Crippen LogP contribution is -2.27. The first-order chi connectivity index (χ1) is 4.89. The Hall–Kier alpha value is 0.580. The van der Waals surface area contributed by atoms with Crippen LogP contribution in [0.25, 0.3) is 0 Å². The van der Waals surface area contributed by atoms with E-state index in [2.05, 4.69) is 31.9 Å². The molecule has 0 heterocycles. The fraction of sp³-hybridized carbons (Fsp3) is 0.667. The molecule has 0 rings (SSSR count). The zero-order valence-corrected chi connectivity index (χ0v) is 9.18. The van der Waals surface area contributed by atoms with Crippen LogP contribution in [0.4, 0.5) is 0 Å². The molecule has 0 aliphatic rings. The summed E-state index contributed by atoms with van der Waals surface area (Å²) in [7, 11) is 0. The predicted molar refractivity (Wildman–Crippen MR) is 49.2 cm³/mol. The second-order valence-electron chi connectivity index (χ2n) is 2.10. The molecule has 0 aromatic carbocycles. The van der Waals surface area contributed by atoms with E-state index in [9.17, 15) is 0 Å². The van der Waals surface area contributed by atoms with Crippen molar-refractivity contribution in [2.24, 2.45) is 0 Å². The van der Waals surface area contributed by atoms with Crippen molar-refractivity contribution in [3.05, 3.63) is 8.96 Å². The standard InChI is InChI=1S/C6H10Br2O3/c1-2-3-4(7)5(8)6(9,10)11/h9-11H,2-3H2,1H3/b5-4+. The highest BCUT2D eigenvalue weighted by Crippen LogP contribution is 2.28. The van der Waals surface area contributed by atoms with Gasteiger partial charge in [-0.05, 0) is 22.4 Å². The Labute approximate surface area is 82.0 Å². The first-order valence-electron chi connectivity index (χ1n) is 3.11. The second kappa shape index (κ2) is 4.57. The van der Waals surface area contributed by atoms with Gasteiger partial charge >= 0.3 is 5.97 Å². The second-order valence-corrected chi connectivity index (χ2v) is 3.85. The van der Waals surface area contributed by atoms with Crippen molar-refractivity contribution < 1.29 is 15.3 Å². The van der Waals surface area contributed by atoms with Crippen molar-refractivity contribution in [1.29, 1.82) is 0 Å². The molecule has 3 N–H and O–H groups in total. The summed E-state index contributed by atoms with van der Waals surface area (Å²) in [5, 5.41) is 26.0. The zero-order chi connectivity index (χ0) is 9.07. The van der Waals surface area contributed by atoms with Gasteiger partial charge in [0.2, 0.25) is 0 Å². The number of halogens is 2. The van der Waals surface area contributed by atoms with Crippen LogP contribution in [0.1, 0.15) is 19.8 Å². The summed E-state index contributed by atoms with van der Waals surface area (Å²) in [6.07, 6.45) is 1.50. The van der Waals surface area contributed by atoms with Gasteiger partial charge in [-0.2, -0.15) is 0 Å². The SMILES string of the molecule is CCC/C(Br)=C(\Br)C(O)(O)O.